The van der Waals surface area contributed by atoms with Gasteiger partial charge in [-0.3, -0.25) is 9.79 Å². The lowest BCUT2D eigenvalue weighted by atomic mass is 10.0. The summed E-state index contributed by atoms with van der Waals surface area (Å²) in [6, 6.07) is 13.5. The maximum atomic E-state index is 13.2. The van der Waals surface area contributed by atoms with Gasteiger partial charge in [0.2, 0.25) is 11.8 Å². The number of alkyl halides is 1. The monoisotopic (exact) mass is 529 g/mol. The fourth-order valence-electron chi connectivity index (χ4n) is 4.12. The molecule has 1 amide bonds. The lowest BCUT2D eigenvalue weighted by molar-refractivity contribution is -0.121. The van der Waals surface area contributed by atoms with Gasteiger partial charge in [0, 0.05) is 24.1 Å². The minimum absolute atomic E-state index is 0.0920. The molecule has 2 aromatic carbocycles. The lowest BCUT2D eigenvalue weighted by Crippen LogP contribution is -2.46. The van der Waals surface area contributed by atoms with Crippen molar-refractivity contribution in [3.8, 4) is 11.1 Å². The predicted octanol–water partition coefficient (Wildman–Crippen LogP) is 4.19. The molecule has 36 heavy (non-hydrogen) atoms. The number of carbonyl (C=O) groups is 1. The number of aryl methyl sites for hydroxylation is 1. The van der Waals surface area contributed by atoms with E-state index in [4.69, 9.17) is 21.9 Å². The number of sulfonamides is 1. The van der Waals surface area contributed by atoms with Crippen LogP contribution in [0.1, 0.15) is 36.6 Å². The van der Waals surface area contributed by atoms with Crippen LogP contribution in [-0.4, -0.2) is 41.8 Å². The van der Waals surface area contributed by atoms with Crippen LogP contribution >= 0.6 is 11.6 Å². The smallest absolute Gasteiger partial charge is 0.264 e. The van der Waals surface area contributed by atoms with Crippen molar-refractivity contribution in [1.82, 2.24) is 10.1 Å². The number of hydrogen-bond donors (Lipinski definition) is 2. The Kier molecular flexibility index (Phi) is 7.37. The highest BCUT2D eigenvalue weighted by molar-refractivity contribution is 7.92. The molecule has 190 valence electrons. The van der Waals surface area contributed by atoms with Gasteiger partial charge in [-0.05, 0) is 37.5 Å². The third kappa shape index (κ3) is 5.10. The molecule has 11 heteroatoms. The molecule has 0 spiro atoms. The van der Waals surface area contributed by atoms with Crippen LogP contribution in [0.25, 0.3) is 11.1 Å². The number of rotatable bonds is 9. The third-order valence-electron chi connectivity index (χ3n) is 6.14. The Morgan fingerprint density at radius 3 is 2.47 bits per heavy atom. The van der Waals surface area contributed by atoms with E-state index in [1.165, 1.54) is 0 Å². The normalized spacial score (nSPS) is 17.8. The molecule has 1 aliphatic heterocycles. The Balaban J connectivity index is 1.60. The average Bonchev–Trinajstić information content (AvgIpc) is 3.32. The summed E-state index contributed by atoms with van der Waals surface area (Å²) in [4.78, 5) is 18.4. The zero-order valence-electron chi connectivity index (χ0n) is 20.2. The molecule has 2 atom stereocenters. The van der Waals surface area contributed by atoms with Gasteiger partial charge >= 0.3 is 0 Å². The van der Waals surface area contributed by atoms with Gasteiger partial charge in [0.05, 0.1) is 10.6 Å². The number of nitrogens with zero attached hydrogens (tertiary/aromatic N) is 3. The molecule has 1 aliphatic rings. The topological polar surface area (TPSA) is 131 Å². The van der Waals surface area contributed by atoms with Gasteiger partial charge in [-0.15, -0.1) is 0 Å². The summed E-state index contributed by atoms with van der Waals surface area (Å²) in [5, 5.41) is 3.81. The van der Waals surface area contributed by atoms with E-state index in [1.54, 1.807) is 38.1 Å². The van der Waals surface area contributed by atoms with Gasteiger partial charge in [-0.2, -0.15) is 0 Å². The maximum Gasteiger partial charge on any atom is 0.264 e. The largest absolute Gasteiger partial charge is 0.368 e. The Bertz CT molecular complexity index is 1400. The van der Waals surface area contributed by atoms with E-state index in [9.17, 15) is 13.2 Å². The van der Waals surface area contributed by atoms with Crippen LogP contribution in [0.4, 0.5) is 5.88 Å². The van der Waals surface area contributed by atoms with E-state index in [-0.39, 0.29) is 10.8 Å². The number of aromatic nitrogens is 1. The van der Waals surface area contributed by atoms with Crippen molar-refractivity contribution in [2.24, 2.45) is 10.7 Å². The summed E-state index contributed by atoms with van der Waals surface area (Å²) in [6.07, 6.45) is 1.54. The first-order valence-corrected chi connectivity index (χ1v) is 13.4. The van der Waals surface area contributed by atoms with Crippen molar-refractivity contribution in [1.29, 1.82) is 0 Å². The van der Waals surface area contributed by atoms with E-state index in [1.807, 2.05) is 36.1 Å². The van der Waals surface area contributed by atoms with Crippen LogP contribution in [0.15, 0.2) is 62.9 Å². The molecular formula is C25H28ClN5O4S. The summed E-state index contributed by atoms with van der Waals surface area (Å²) in [7, 11) is -3.94. The van der Waals surface area contributed by atoms with Crippen LogP contribution in [0.3, 0.4) is 0 Å². The van der Waals surface area contributed by atoms with E-state index < -0.39 is 27.5 Å². The number of nitrogens with one attached hydrogen (secondary N) is 1. The second-order valence-corrected chi connectivity index (χ2v) is 10.8. The van der Waals surface area contributed by atoms with E-state index >= 15 is 0 Å². The molecule has 0 aliphatic carbocycles. The van der Waals surface area contributed by atoms with Crippen molar-refractivity contribution in [2.45, 2.75) is 56.6 Å². The first-order chi connectivity index (χ1) is 17.1. The molecule has 3 N–H and O–H groups in total. The SMILES string of the molecule is CCCC1=NC(Cl)C(C(N)=O)N1Cc1ccc(-c2ccccc2S(=O)(=O)Nc2onc(C)c2C)cc1. The van der Waals surface area contributed by atoms with Crippen LogP contribution < -0.4 is 10.5 Å². The van der Waals surface area contributed by atoms with Crippen LogP contribution in [0, 0.1) is 13.8 Å². The van der Waals surface area contributed by atoms with Crippen molar-refractivity contribution in [2.75, 3.05) is 4.72 Å². The minimum atomic E-state index is -3.94. The van der Waals surface area contributed by atoms with Gasteiger partial charge < -0.3 is 15.2 Å². The molecule has 0 bridgehead atoms. The number of hydrogen-bond acceptors (Lipinski definition) is 7. The van der Waals surface area contributed by atoms with Crippen LogP contribution in [-0.2, 0) is 21.4 Å². The summed E-state index contributed by atoms with van der Waals surface area (Å²) in [5.74, 6) is 0.325. The van der Waals surface area contributed by atoms with Gasteiger partial charge in [0.25, 0.3) is 10.0 Å². The Morgan fingerprint density at radius 2 is 1.86 bits per heavy atom. The number of carbonyl (C=O) groups excluding carboxylic acids is 1. The maximum absolute atomic E-state index is 13.2. The third-order valence-corrected chi connectivity index (χ3v) is 7.87. The number of anilines is 1. The highest BCUT2D eigenvalue weighted by Crippen LogP contribution is 2.31. The van der Waals surface area contributed by atoms with E-state index in [0.29, 0.717) is 29.8 Å². The lowest BCUT2D eigenvalue weighted by Gasteiger charge is -2.27. The highest BCUT2D eigenvalue weighted by atomic mass is 35.5. The zero-order chi connectivity index (χ0) is 26.0. The van der Waals surface area contributed by atoms with Crippen molar-refractivity contribution >= 4 is 39.3 Å². The molecule has 2 unspecified atom stereocenters. The summed E-state index contributed by atoms with van der Waals surface area (Å²) in [5.41, 5.74) is 8.29. The van der Waals surface area contributed by atoms with Crippen LogP contribution in [0.5, 0.6) is 0 Å². The molecule has 4 rings (SSSR count). The molecule has 0 fully saturated rings. The van der Waals surface area contributed by atoms with E-state index in [0.717, 1.165) is 23.4 Å². The van der Waals surface area contributed by atoms with Gasteiger partial charge in [0.15, 0.2) is 5.50 Å². The molecule has 0 saturated heterocycles. The molecule has 2 heterocycles. The second-order valence-electron chi connectivity index (χ2n) is 8.66. The molecule has 0 saturated carbocycles. The molecule has 0 radical (unpaired) electrons. The average molecular weight is 530 g/mol. The summed E-state index contributed by atoms with van der Waals surface area (Å²) in [6.45, 7) is 5.91. The number of nitrogens with two attached hydrogens (primary N) is 1. The highest BCUT2D eigenvalue weighted by Gasteiger charge is 2.38. The van der Waals surface area contributed by atoms with Crippen LogP contribution in [0.2, 0.25) is 0 Å². The van der Waals surface area contributed by atoms with E-state index in [2.05, 4.69) is 14.9 Å². The first kappa shape index (κ1) is 25.7. The minimum Gasteiger partial charge on any atom is -0.368 e. The standard InChI is InChI=1S/C25H28ClN5O4S/c1-4-7-21-28-23(26)22(24(27)32)31(21)14-17-10-12-18(13-11-17)19-8-5-6-9-20(19)36(33,34)30-25-15(2)16(3)29-35-25/h5-6,8-13,22-23,30H,4,7,14H2,1-3H3,(H2,27,32). The first-order valence-electron chi connectivity index (χ1n) is 11.5. The zero-order valence-corrected chi connectivity index (χ0v) is 21.8. The molecule has 9 nitrogen and oxygen atoms in total. The number of halogens is 1. The number of amidine groups is 1. The summed E-state index contributed by atoms with van der Waals surface area (Å²) >= 11 is 6.30. The van der Waals surface area contributed by atoms with Gasteiger partial charge in [0.1, 0.15) is 11.9 Å². The van der Waals surface area contributed by atoms with Gasteiger partial charge in [-0.25, -0.2) is 13.1 Å². The van der Waals surface area contributed by atoms with Gasteiger partial charge in [-0.1, -0.05) is 66.1 Å². The Morgan fingerprint density at radius 1 is 1.17 bits per heavy atom. The number of benzene rings is 2. The van der Waals surface area contributed by atoms with Crippen molar-refractivity contribution in [3.63, 3.8) is 0 Å². The van der Waals surface area contributed by atoms with Crippen molar-refractivity contribution in [3.05, 3.63) is 65.4 Å². The number of primary amides is 1. The predicted molar refractivity (Wildman–Crippen MR) is 139 cm³/mol. The Labute approximate surface area is 215 Å². The Hall–Kier alpha value is -3.37. The molecule has 1 aromatic heterocycles. The molecular weight excluding hydrogens is 502 g/mol. The number of amides is 1. The fraction of sp³-hybridized carbons (Fsp3) is 0.320. The fourth-order valence-corrected chi connectivity index (χ4v) is 5.77. The number of aliphatic imine (C=N–C) groups is 1. The van der Waals surface area contributed by atoms with Crippen molar-refractivity contribution < 1.29 is 17.7 Å². The molecule has 3 aromatic rings. The second kappa shape index (κ2) is 10.3. The quantitative estimate of drug-likeness (QED) is 0.315. The summed E-state index contributed by atoms with van der Waals surface area (Å²) < 4.78 is 34.1.